The summed E-state index contributed by atoms with van der Waals surface area (Å²) in [6.07, 6.45) is 3.85. The van der Waals surface area contributed by atoms with Crippen molar-refractivity contribution in [2.24, 2.45) is 11.8 Å². The predicted octanol–water partition coefficient (Wildman–Crippen LogP) is 2.95. The lowest BCUT2D eigenvalue weighted by Crippen LogP contribution is -2.36. The van der Waals surface area contributed by atoms with Gasteiger partial charge in [-0.1, -0.05) is 24.1 Å². The second-order valence-electron chi connectivity index (χ2n) is 4.40. The zero-order valence-corrected chi connectivity index (χ0v) is 9.72. The van der Waals surface area contributed by atoms with Gasteiger partial charge in [-0.3, -0.25) is 11.3 Å². The number of nitrogens with two attached hydrogens (primary N) is 1. The Morgan fingerprint density at radius 1 is 1.40 bits per heavy atom. The molecule has 0 saturated heterocycles. The van der Waals surface area contributed by atoms with Crippen LogP contribution in [0.1, 0.15) is 36.4 Å². The highest BCUT2D eigenvalue weighted by Crippen LogP contribution is 2.38. The van der Waals surface area contributed by atoms with Crippen LogP contribution in [0, 0.1) is 12.8 Å². The van der Waals surface area contributed by atoms with E-state index in [-0.39, 0.29) is 6.04 Å². The zero-order chi connectivity index (χ0) is 10.8. The molecule has 3 heteroatoms. The molecule has 0 aromatic heterocycles. The van der Waals surface area contributed by atoms with Crippen molar-refractivity contribution in [2.75, 3.05) is 0 Å². The number of aryl methyl sites for hydroxylation is 1. The third-order valence-electron chi connectivity index (χ3n) is 3.22. The fraction of sp³-hybridized carbons (Fsp3) is 0.500. The summed E-state index contributed by atoms with van der Waals surface area (Å²) in [5.74, 6) is 6.30. The van der Waals surface area contributed by atoms with Crippen LogP contribution in [0.25, 0.3) is 0 Å². The normalized spacial score (nSPS) is 18.6. The van der Waals surface area contributed by atoms with E-state index in [1.165, 1.54) is 30.4 Å². The Balaban J connectivity index is 2.24. The van der Waals surface area contributed by atoms with Gasteiger partial charge in [0.2, 0.25) is 0 Å². The van der Waals surface area contributed by atoms with E-state index < -0.39 is 0 Å². The molecule has 0 radical (unpaired) electrons. The molecule has 82 valence electrons. The van der Waals surface area contributed by atoms with Gasteiger partial charge >= 0.3 is 0 Å². The van der Waals surface area contributed by atoms with Gasteiger partial charge in [0.1, 0.15) is 0 Å². The van der Waals surface area contributed by atoms with Crippen LogP contribution in [0.4, 0.5) is 0 Å². The molecule has 0 heterocycles. The number of hydrogen-bond donors (Lipinski definition) is 2. The van der Waals surface area contributed by atoms with Gasteiger partial charge in [-0.2, -0.15) is 0 Å². The van der Waals surface area contributed by atoms with Crippen LogP contribution in [0.5, 0.6) is 0 Å². The lowest BCUT2D eigenvalue weighted by molar-refractivity contribution is 0.232. The molecule has 0 bridgehead atoms. The SMILES string of the molecule is Cc1cc(Cl)cc(C(NN)C2CCC2)c1. The molecule has 1 aliphatic carbocycles. The summed E-state index contributed by atoms with van der Waals surface area (Å²) in [5, 5.41) is 0.796. The van der Waals surface area contributed by atoms with E-state index in [4.69, 9.17) is 17.4 Å². The molecule has 2 rings (SSSR count). The lowest BCUT2D eigenvalue weighted by atomic mass is 9.77. The topological polar surface area (TPSA) is 38.0 Å². The van der Waals surface area contributed by atoms with E-state index in [2.05, 4.69) is 18.4 Å². The number of benzene rings is 1. The van der Waals surface area contributed by atoms with Crippen molar-refractivity contribution >= 4 is 11.6 Å². The van der Waals surface area contributed by atoms with Crippen molar-refractivity contribution in [1.82, 2.24) is 5.43 Å². The molecule has 15 heavy (non-hydrogen) atoms. The molecule has 2 nitrogen and oxygen atoms in total. The number of nitrogens with one attached hydrogen (secondary N) is 1. The quantitative estimate of drug-likeness (QED) is 0.612. The Hall–Kier alpha value is -0.570. The monoisotopic (exact) mass is 224 g/mol. The Kier molecular flexibility index (Phi) is 3.29. The first kappa shape index (κ1) is 10.9. The highest BCUT2D eigenvalue weighted by Gasteiger charge is 2.27. The molecule has 1 atom stereocenters. The van der Waals surface area contributed by atoms with E-state index in [1.807, 2.05) is 12.1 Å². The average Bonchev–Trinajstić information content (AvgIpc) is 2.08. The van der Waals surface area contributed by atoms with Crippen LogP contribution < -0.4 is 11.3 Å². The average molecular weight is 225 g/mol. The van der Waals surface area contributed by atoms with Gasteiger partial charge in [0.15, 0.2) is 0 Å². The maximum Gasteiger partial charge on any atom is 0.0488 e. The van der Waals surface area contributed by atoms with Crippen molar-refractivity contribution < 1.29 is 0 Å². The van der Waals surface area contributed by atoms with Crippen LogP contribution in [0.3, 0.4) is 0 Å². The van der Waals surface area contributed by atoms with Gasteiger partial charge in [0.05, 0.1) is 0 Å². The van der Waals surface area contributed by atoms with Gasteiger partial charge in [-0.15, -0.1) is 0 Å². The van der Waals surface area contributed by atoms with Gasteiger partial charge < -0.3 is 0 Å². The van der Waals surface area contributed by atoms with Crippen LogP contribution >= 0.6 is 11.6 Å². The second-order valence-corrected chi connectivity index (χ2v) is 4.83. The van der Waals surface area contributed by atoms with E-state index in [0.717, 1.165) is 5.02 Å². The minimum atomic E-state index is 0.260. The third-order valence-corrected chi connectivity index (χ3v) is 3.44. The second kappa shape index (κ2) is 4.52. The van der Waals surface area contributed by atoms with Gasteiger partial charge in [0.25, 0.3) is 0 Å². The minimum Gasteiger partial charge on any atom is -0.271 e. The van der Waals surface area contributed by atoms with Crippen LogP contribution in [0.15, 0.2) is 18.2 Å². The third kappa shape index (κ3) is 2.33. The summed E-state index contributed by atoms with van der Waals surface area (Å²) in [6.45, 7) is 2.06. The van der Waals surface area contributed by atoms with Crippen molar-refractivity contribution in [3.63, 3.8) is 0 Å². The van der Waals surface area contributed by atoms with Crippen molar-refractivity contribution in [1.29, 1.82) is 0 Å². The van der Waals surface area contributed by atoms with Crippen LogP contribution in [-0.2, 0) is 0 Å². The fourth-order valence-corrected chi connectivity index (χ4v) is 2.52. The first-order valence-corrected chi connectivity index (χ1v) is 5.81. The maximum absolute atomic E-state index is 6.05. The highest BCUT2D eigenvalue weighted by atomic mass is 35.5. The van der Waals surface area contributed by atoms with Crippen molar-refractivity contribution in [2.45, 2.75) is 32.2 Å². The van der Waals surface area contributed by atoms with E-state index in [0.29, 0.717) is 5.92 Å². The molecule has 1 aromatic rings. The highest BCUT2D eigenvalue weighted by molar-refractivity contribution is 6.30. The minimum absolute atomic E-state index is 0.260. The molecule has 1 aliphatic rings. The summed E-state index contributed by atoms with van der Waals surface area (Å²) in [7, 11) is 0. The maximum atomic E-state index is 6.05. The molecule has 0 amide bonds. The first-order chi connectivity index (χ1) is 7.20. The Morgan fingerprint density at radius 2 is 2.13 bits per heavy atom. The molecule has 1 saturated carbocycles. The Labute approximate surface area is 95.8 Å². The molecule has 0 aliphatic heterocycles. The van der Waals surface area contributed by atoms with Gasteiger partial charge in [0, 0.05) is 11.1 Å². The summed E-state index contributed by atoms with van der Waals surface area (Å²) >= 11 is 6.05. The van der Waals surface area contributed by atoms with E-state index >= 15 is 0 Å². The smallest absolute Gasteiger partial charge is 0.0488 e. The molecule has 3 N–H and O–H groups in total. The van der Waals surface area contributed by atoms with Crippen LogP contribution in [-0.4, -0.2) is 0 Å². The molecular weight excluding hydrogens is 208 g/mol. The van der Waals surface area contributed by atoms with Gasteiger partial charge in [-0.25, -0.2) is 0 Å². The van der Waals surface area contributed by atoms with Crippen LogP contribution in [0.2, 0.25) is 5.02 Å². The van der Waals surface area contributed by atoms with Crippen molar-refractivity contribution in [3.05, 3.63) is 34.3 Å². The molecule has 1 fully saturated rings. The molecule has 0 spiro atoms. The van der Waals surface area contributed by atoms with E-state index in [1.54, 1.807) is 0 Å². The fourth-order valence-electron chi connectivity index (χ4n) is 2.22. The van der Waals surface area contributed by atoms with Crippen molar-refractivity contribution in [3.8, 4) is 0 Å². The summed E-state index contributed by atoms with van der Waals surface area (Å²) in [5.41, 5.74) is 5.32. The standard InChI is InChI=1S/C12H17ClN2/c1-8-5-10(7-11(13)6-8)12(15-14)9-3-2-4-9/h5-7,9,12,15H,2-4,14H2,1H3. The largest absolute Gasteiger partial charge is 0.271 e. The summed E-state index contributed by atoms with van der Waals surface area (Å²) < 4.78 is 0. The van der Waals surface area contributed by atoms with Gasteiger partial charge in [-0.05, 0) is 48.9 Å². The number of rotatable bonds is 3. The summed E-state index contributed by atoms with van der Waals surface area (Å²) in [4.78, 5) is 0. The lowest BCUT2D eigenvalue weighted by Gasteiger charge is -2.33. The van der Waals surface area contributed by atoms with E-state index in [9.17, 15) is 0 Å². The Bertz CT molecular complexity index is 327. The molecular formula is C12H17ClN2. The predicted molar refractivity (Wildman–Crippen MR) is 63.6 cm³/mol. The zero-order valence-electron chi connectivity index (χ0n) is 8.96. The Morgan fingerprint density at radius 3 is 2.60 bits per heavy atom. The number of hydrazine groups is 1. The number of halogens is 1. The first-order valence-electron chi connectivity index (χ1n) is 5.44. The number of hydrogen-bond acceptors (Lipinski definition) is 2. The summed E-state index contributed by atoms with van der Waals surface area (Å²) in [6, 6.07) is 6.40. The molecule has 1 aromatic carbocycles. The molecule has 1 unspecified atom stereocenters.